The van der Waals surface area contributed by atoms with Gasteiger partial charge in [-0.2, -0.15) is 0 Å². The molecule has 0 aliphatic carbocycles. The van der Waals surface area contributed by atoms with E-state index in [-0.39, 0.29) is 5.91 Å². The van der Waals surface area contributed by atoms with Crippen molar-refractivity contribution in [2.45, 2.75) is 13.5 Å². The number of halogens is 1. The molecule has 27 heavy (non-hydrogen) atoms. The smallest absolute Gasteiger partial charge is 0.242 e. The van der Waals surface area contributed by atoms with Gasteiger partial charge in [-0.15, -0.1) is 0 Å². The molecule has 2 heterocycles. The molecule has 3 aromatic rings. The maximum atomic E-state index is 12.6. The summed E-state index contributed by atoms with van der Waals surface area (Å²) >= 11 is 6.04. The third-order valence-electron chi connectivity index (χ3n) is 4.81. The van der Waals surface area contributed by atoms with Crippen LogP contribution in [-0.2, 0) is 11.3 Å². The van der Waals surface area contributed by atoms with Crippen LogP contribution < -0.4 is 4.90 Å². The number of carbonyl (C=O) groups excluding carboxylic acids is 1. The Kier molecular flexibility index (Phi) is 4.86. The summed E-state index contributed by atoms with van der Waals surface area (Å²) in [6.07, 6.45) is 3.80. The van der Waals surface area contributed by atoms with Gasteiger partial charge in [-0.3, -0.25) is 4.79 Å². The molecule has 6 heteroatoms. The summed E-state index contributed by atoms with van der Waals surface area (Å²) in [7, 11) is 0. The number of benzene rings is 2. The van der Waals surface area contributed by atoms with Crippen molar-refractivity contribution in [3.63, 3.8) is 0 Å². The van der Waals surface area contributed by atoms with Crippen LogP contribution in [0.25, 0.3) is 5.69 Å². The zero-order valence-electron chi connectivity index (χ0n) is 15.2. The topological polar surface area (TPSA) is 41.4 Å². The molecule has 1 fully saturated rings. The Morgan fingerprint density at radius 3 is 2.52 bits per heavy atom. The Morgan fingerprint density at radius 2 is 1.85 bits per heavy atom. The van der Waals surface area contributed by atoms with Crippen molar-refractivity contribution in [3.05, 3.63) is 77.3 Å². The number of rotatable bonds is 4. The van der Waals surface area contributed by atoms with E-state index < -0.39 is 0 Å². The van der Waals surface area contributed by atoms with Crippen LogP contribution in [0.2, 0.25) is 5.02 Å². The summed E-state index contributed by atoms with van der Waals surface area (Å²) in [5.74, 6) is 0.135. The van der Waals surface area contributed by atoms with E-state index in [4.69, 9.17) is 11.6 Å². The van der Waals surface area contributed by atoms with Crippen molar-refractivity contribution in [2.24, 2.45) is 0 Å². The van der Waals surface area contributed by atoms with Crippen molar-refractivity contribution in [2.75, 3.05) is 24.5 Å². The van der Waals surface area contributed by atoms with Gasteiger partial charge in [0.05, 0.1) is 18.6 Å². The van der Waals surface area contributed by atoms with Gasteiger partial charge in [-0.05, 0) is 48.9 Å². The number of aromatic nitrogens is 2. The van der Waals surface area contributed by atoms with E-state index in [1.165, 1.54) is 0 Å². The number of hydrogen-bond acceptors (Lipinski definition) is 3. The quantitative estimate of drug-likeness (QED) is 0.693. The summed E-state index contributed by atoms with van der Waals surface area (Å²) in [5, 5.41) is 0.701. The Hall–Kier alpha value is -2.79. The predicted molar refractivity (Wildman–Crippen MR) is 107 cm³/mol. The fraction of sp³-hybridized carbons (Fsp3) is 0.238. The normalized spacial score (nSPS) is 14.7. The van der Waals surface area contributed by atoms with Crippen molar-refractivity contribution in [3.8, 4) is 5.69 Å². The molecule has 0 atom stereocenters. The first kappa shape index (κ1) is 17.6. The molecule has 1 amide bonds. The minimum atomic E-state index is 0.135. The van der Waals surface area contributed by atoms with Crippen molar-refractivity contribution in [1.29, 1.82) is 0 Å². The van der Waals surface area contributed by atoms with Gasteiger partial charge < -0.3 is 14.4 Å². The molecule has 5 nitrogen and oxygen atoms in total. The number of hydrogen-bond donors (Lipinski definition) is 0. The lowest BCUT2D eigenvalue weighted by atomic mass is 10.2. The van der Waals surface area contributed by atoms with Crippen LogP contribution in [0.1, 0.15) is 11.3 Å². The summed E-state index contributed by atoms with van der Waals surface area (Å²) in [6, 6.07) is 15.9. The number of anilines is 1. The fourth-order valence-electron chi connectivity index (χ4n) is 3.35. The van der Waals surface area contributed by atoms with E-state index in [1.54, 1.807) is 0 Å². The van der Waals surface area contributed by atoms with Gasteiger partial charge in [0.15, 0.2) is 0 Å². The number of amides is 1. The van der Waals surface area contributed by atoms with Crippen molar-refractivity contribution in [1.82, 2.24) is 14.5 Å². The van der Waals surface area contributed by atoms with Crippen LogP contribution in [0.15, 0.2) is 61.1 Å². The monoisotopic (exact) mass is 380 g/mol. The summed E-state index contributed by atoms with van der Waals surface area (Å²) in [4.78, 5) is 20.9. The lowest BCUT2D eigenvalue weighted by Crippen LogP contribution is -2.50. The molecule has 138 valence electrons. The molecule has 1 aliphatic rings. The second-order valence-corrected chi connectivity index (χ2v) is 7.24. The summed E-state index contributed by atoms with van der Waals surface area (Å²) in [6.45, 7) is 4.49. The molecule has 0 spiro atoms. The van der Waals surface area contributed by atoms with Crippen LogP contribution in [0.4, 0.5) is 5.69 Å². The van der Waals surface area contributed by atoms with Gasteiger partial charge in [-0.25, -0.2) is 4.98 Å². The summed E-state index contributed by atoms with van der Waals surface area (Å²) < 4.78 is 1.99. The molecule has 0 radical (unpaired) electrons. The fourth-order valence-corrected chi connectivity index (χ4v) is 3.56. The highest BCUT2D eigenvalue weighted by atomic mass is 35.5. The Labute approximate surface area is 163 Å². The Balaban J connectivity index is 1.41. The minimum absolute atomic E-state index is 0.135. The molecule has 2 aromatic carbocycles. The highest BCUT2D eigenvalue weighted by molar-refractivity contribution is 6.30. The number of piperazine rings is 1. The maximum absolute atomic E-state index is 12.6. The number of carbonyl (C=O) groups is 1. The molecular weight excluding hydrogens is 360 g/mol. The molecule has 0 bridgehead atoms. The number of nitrogens with zero attached hydrogens (tertiary/aromatic N) is 4. The minimum Gasteiger partial charge on any atom is -0.360 e. The first-order valence-corrected chi connectivity index (χ1v) is 9.34. The first-order valence-electron chi connectivity index (χ1n) is 8.97. The lowest BCUT2D eigenvalue weighted by molar-refractivity contribution is -0.131. The van der Waals surface area contributed by atoms with Crippen molar-refractivity contribution < 1.29 is 4.79 Å². The second-order valence-electron chi connectivity index (χ2n) is 6.81. The highest BCUT2D eigenvalue weighted by Gasteiger charge is 2.24. The molecular formula is C21H21ClN4O. The van der Waals surface area contributed by atoms with Gasteiger partial charge in [-0.1, -0.05) is 23.7 Å². The first-order chi connectivity index (χ1) is 13.1. The lowest BCUT2D eigenvalue weighted by Gasteiger charge is -2.35. The number of aryl methyl sites for hydroxylation is 1. The molecule has 1 saturated heterocycles. The molecule has 4 rings (SSSR count). The van der Waals surface area contributed by atoms with Gasteiger partial charge in [0.2, 0.25) is 5.91 Å². The Bertz CT molecular complexity index is 951. The van der Waals surface area contributed by atoms with E-state index in [0.29, 0.717) is 24.7 Å². The van der Waals surface area contributed by atoms with Gasteiger partial charge >= 0.3 is 0 Å². The standard InChI is InChI=1S/C21H21ClN4O/c1-16-12-26(15-23-16)20-7-5-19(6-8-20)24-9-10-25(21(27)14-24)13-17-3-2-4-18(22)11-17/h2-8,11-12,15H,9-10,13-14H2,1H3. The average Bonchev–Trinajstić information content (AvgIpc) is 3.10. The van der Waals surface area contributed by atoms with Crippen molar-refractivity contribution >= 4 is 23.2 Å². The van der Waals surface area contributed by atoms with Crippen LogP contribution >= 0.6 is 11.6 Å². The van der Waals surface area contributed by atoms with Gasteiger partial charge in [0.1, 0.15) is 0 Å². The third-order valence-corrected chi connectivity index (χ3v) is 5.04. The van der Waals surface area contributed by atoms with Crippen LogP contribution in [0.3, 0.4) is 0 Å². The average molecular weight is 381 g/mol. The predicted octanol–water partition coefficient (Wildman–Crippen LogP) is 3.68. The van der Waals surface area contributed by atoms with Crippen LogP contribution in [0, 0.1) is 6.92 Å². The van der Waals surface area contributed by atoms with Gasteiger partial charge in [0.25, 0.3) is 0 Å². The van der Waals surface area contributed by atoms with Gasteiger partial charge in [0, 0.05) is 42.2 Å². The highest BCUT2D eigenvalue weighted by Crippen LogP contribution is 2.21. The molecule has 0 N–H and O–H groups in total. The van der Waals surface area contributed by atoms with E-state index in [1.807, 2.05) is 53.2 Å². The van der Waals surface area contributed by atoms with E-state index in [9.17, 15) is 4.79 Å². The molecule has 0 saturated carbocycles. The zero-order valence-corrected chi connectivity index (χ0v) is 15.9. The third kappa shape index (κ3) is 3.98. The van der Waals surface area contributed by atoms with E-state index in [0.717, 1.165) is 29.2 Å². The van der Waals surface area contributed by atoms with E-state index in [2.05, 4.69) is 34.1 Å². The maximum Gasteiger partial charge on any atom is 0.242 e. The number of imidazole rings is 1. The molecule has 1 aliphatic heterocycles. The largest absolute Gasteiger partial charge is 0.360 e. The van der Waals surface area contributed by atoms with Crippen LogP contribution in [0.5, 0.6) is 0 Å². The molecule has 1 aromatic heterocycles. The van der Waals surface area contributed by atoms with Crippen LogP contribution in [-0.4, -0.2) is 40.0 Å². The molecule has 0 unspecified atom stereocenters. The Morgan fingerprint density at radius 1 is 1.07 bits per heavy atom. The van der Waals surface area contributed by atoms with E-state index >= 15 is 0 Å². The summed E-state index contributed by atoms with van der Waals surface area (Å²) in [5.41, 5.74) is 4.17. The SMILES string of the molecule is Cc1cn(-c2ccc(N3CCN(Cc4cccc(Cl)c4)C(=O)C3)cc2)cn1. The second kappa shape index (κ2) is 7.45. The zero-order chi connectivity index (χ0) is 18.8.